The van der Waals surface area contributed by atoms with Gasteiger partial charge in [0.05, 0.1) is 6.10 Å². The molecule has 0 aromatic heterocycles. The summed E-state index contributed by atoms with van der Waals surface area (Å²) in [6.45, 7) is 2.66. The van der Waals surface area contributed by atoms with Crippen molar-refractivity contribution in [3.63, 3.8) is 0 Å². The summed E-state index contributed by atoms with van der Waals surface area (Å²) >= 11 is 0. The van der Waals surface area contributed by atoms with Crippen LogP contribution < -0.4 is 0 Å². The predicted molar refractivity (Wildman–Crippen MR) is 80.4 cm³/mol. The van der Waals surface area contributed by atoms with Crippen LogP contribution in [0.4, 0.5) is 0 Å². The van der Waals surface area contributed by atoms with Gasteiger partial charge < -0.3 is 10.0 Å². The van der Waals surface area contributed by atoms with Gasteiger partial charge in [-0.1, -0.05) is 30.3 Å². The molecule has 1 aliphatic heterocycles. The minimum Gasteiger partial charge on any atom is -0.393 e. The first kappa shape index (κ1) is 15.0. The van der Waals surface area contributed by atoms with Crippen LogP contribution in [-0.2, 0) is 11.2 Å². The van der Waals surface area contributed by atoms with Crippen LogP contribution in [-0.4, -0.2) is 34.6 Å². The van der Waals surface area contributed by atoms with Crippen LogP contribution in [0.25, 0.3) is 0 Å². The van der Waals surface area contributed by atoms with E-state index in [1.807, 2.05) is 23.1 Å². The van der Waals surface area contributed by atoms with E-state index in [4.69, 9.17) is 0 Å². The fourth-order valence-electron chi connectivity index (χ4n) is 3.03. The van der Waals surface area contributed by atoms with Gasteiger partial charge in [-0.2, -0.15) is 0 Å². The zero-order valence-corrected chi connectivity index (χ0v) is 12.3. The molecule has 0 radical (unpaired) electrons. The minimum atomic E-state index is -0.322. The van der Waals surface area contributed by atoms with E-state index in [-0.39, 0.29) is 18.1 Å². The fraction of sp³-hybridized carbons (Fsp3) is 0.588. The van der Waals surface area contributed by atoms with Crippen LogP contribution in [0.3, 0.4) is 0 Å². The number of likely N-dealkylation sites (tertiary alicyclic amines) is 1. The maximum Gasteiger partial charge on any atom is 0.222 e. The molecule has 2 rings (SSSR count). The van der Waals surface area contributed by atoms with Crippen molar-refractivity contribution in [3.8, 4) is 0 Å². The number of hydrogen-bond acceptors (Lipinski definition) is 2. The van der Waals surface area contributed by atoms with Crippen LogP contribution >= 0.6 is 0 Å². The molecule has 1 aliphatic rings. The first-order valence-electron chi connectivity index (χ1n) is 7.68. The third-order valence-electron chi connectivity index (χ3n) is 4.01. The summed E-state index contributed by atoms with van der Waals surface area (Å²) in [4.78, 5) is 14.3. The lowest BCUT2D eigenvalue weighted by molar-refractivity contribution is -0.132. The van der Waals surface area contributed by atoms with E-state index in [9.17, 15) is 9.90 Å². The molecule has 1 saturated heterocycles. The fourth-order valence-corrected chi connectivity index (χ4v) is 3.03. The number of amides is 1. The van der Waals surface area contributed by atoms with Gasteiger partial charge in [0.2, 0.25) is 5.91 Å². The van der Waals surface area contributed by atoms with E-state index in [0.717, 1.165) is 32.2 Å². The van der Waals surface area contributed by atoms with Gasteiger partial charge in [0.15, 0.2) is 0 Å². The molecule has 1 heterocycles. The van der Waals surface area contributed by atoms with Gasteiger partial charge in [0.1, 0.15) is 0 Å². The van der Waals surface area contributed by atoms with E-state index in [0.29, 0.717) is 12.8 Å². The third-order valence-corrected chi connectivity index (χ3v) is 4.01. The van der Waals surface area contributed by atoms with Crippen molar-refractivity contribution in [2.75, 3.05) is 6.54 Å². The number of carbonyl (C=O) groups excluding carboxylic acids is 1. The Morgan fingerprint density at radius 1 is 1.40 bits per heavy atom. The lowest BCUT2D eigenvalue weighted by Crippen LogP contribution is -2.37. The number of aryl methyl sites for hydroxylation is 1. The maximum atomic E-state index is 12.3. The molecule has 2 atom stereocenters. The highest BCUT2D eigenvalue weighted by molar-refractivity contribution is 5.76. The second kappa shape index (κ2) is 7.44. The van der Waals surface area contributed by atoms with Crippen molar-refractivity contribution in [3.05, 3.63) is 35.9 Å². The molecule has 1 N–H and O–H groups in total. The summed E-state index contributed by atoms with van der Waals surface area (Å²) in [6, 6.07) is 10.6. The van der Waals surface area contributed by atoms with Crippen LogP contribution in [0.5, 0.6) is 0 Å². The summed E-state index contributed by atoms with van der Waals surface area (Å²) in [6.07, 6.45) is 4.98. The Hall–Kier alpha value is -1.35. The molecule has 1 aromatic rings. The van der Waals surface area contributed by atoms with Gasteiger partial charge in [-0.05, 0) is 44.6 Å². The average molecular weight is 275 g/mol. The van der Waals surface area contributed by atoms with Crippen molar-refractivity contribution < 1.29 is 9.90 Å². The summed E-state index contributed by atoms with van der Waals surface area (Å²) in [5.41, 5.74) is 1.29. The maximum absolute atomic E-state index is 12.3. The lowest BCUT2D eigenvalue weighted by atomic mass is 10.1. The third kappa shape index (κ3) is 4.34. The van der Waals surface area contributed by atoms with E-state index in [2.05, 4.69) is 12.1 Å². The summed E-state index contributed by atoms with van der Waals surface area (Å²) < 4.78 is 0. The predicted octanol–water partition coefficient (Wildman–Crippen LogP) is 2.77. The van der Waals surface area contributed by atoms with Crippen LogP contribution in [0.1, 0.15) is 44.6 Å². The van der Waals surface area contributed by atoms with Crippen molar-refractivity contribution in [1.29, 1.82) is 0 Å². The number of aliphatic hydroxyl groups excluding tert-OH is 1. The largest absolute Gasteiger partial charge is 0.393 e. The zero-order valence-electron chi connectivity index (χ0n) is 12.3. The van der Waals surface area contributed by atoms with E-state index >= 15 is 0 Å². The summed E-state index contributed by atoms with van der Waals surface area (Å²) in [5, 5.41) is 9.50. The molecule has 0 spiro atoms. The Labute approximate surface area is 121 Å². The molecule has 20 heavy (non-hydrogen) atoms. The number of nitrogens with zero attached hydrogens (tertiary/aromatic N) is 1. The van der Waals surface area contributed by atoms with Gasteiger partial charge in [-0.3, -0.25) is 4.79 Å². The number of rotatable bonds is 6. The average Bonchev–Trinajstić information content (AvgIpc) is 2.87. The molecule has 1 amide bonds. The molecule has 1 fully saturated rings. The Balaban J connectivity index is 1.76. The highest BCUT2D eigenvalue weighted by Crippen LogP contribution is 2.22. The Morgan fingerprint density at radius 2 is 2.15 bits per heavy atom. The molecule has 0 aliphatic carbocycles. The molecule has 1 aromatic carbocycles. The normalized spacial score (nSPS) is 20.1. The first-order chi connectivity index (χ1) is 9.66. The van der Waals surface area contributed by atoms with E-state index < -0.39 is 0 Å². The Morgan fingerprint density at radius 3 is 2.85 bits per heavy atom. The standard InChI is InChI=1S/C17H25NO2/c1-14(19)13-16-10-6-12-18(16)17(20)11-5-9-15-7-3-2-4-8-15/h2-4,7-8,14,16,19H,5-6,9-13H2,1H3. The van der Waals surface area contributed by atoms with Gasteiger partial charge in [-0.15, -0.1) is 0 Å². The van der Waals surface area contributed by atoms with Crippen molar-refractivity contribution in [2.45, 2.75) is 57.6 Å². The van der Waals surface area contributed by atoms with Gasteiger partial charge >= 0.3 is 0 Å². The van der Waals surface area contributed by atoms with Gasteiger partial charge in [0, 0.05) is 19.0 Å². The molecular weight excluding hydrogens is 250 g/mol. The molecule has 110 valence electrons. The quantitative estimate of drug-likeness (QED) is 0.867. The molecule has 0 saturated carbocycles. The second-order valence-corrected chi connectivity index (χ2v) is 5.81. The first-order valence-corrected chi connectivity index (χ1v) is 7.68. The van der Waals surface area contributed by atoms with Crippen molar-refractivity contribution in [1.82, 2.24) is 4.90 Å². The Kier molecular flexibility index (Phi) is 5.60. The molecule has 3 heteroatoms. The SMILES string of the molecule is CC(O)CC1CCCN1C(=O)CCCc1ccccc1. The monoisotopic (exact) mass is 275 g/mol. The molecule has 2 unspecified atom stereocenters. The number of carbonyl (C=O) groups is 1. The highest BCUT2D eigenvalue weighted by atomic mass is 16.3. The number of benzene rings is 1. The lowest BCUT2D eigenvalue weighted by Gasteiger charge is -2.25. The smallest absolute Gasteiger partial charge is 0.222 e. The topological polar surface area (TPSA) is 40.5 Å². The number of aliphatic hydroxyl groups is 1. The molecule has 3 nitrogen and oxygen atoms in total. The molecule has 0 bridgehead atoms. The second-order valence-electron chi connectivity index (χ2n) is 5.81. The minimum absolute atomic E-state index is 0.249. The summed E-state index contributed by atoms with van der Waals surface area (Å²) in [7, 11) is 0. The van der Waals surface area contributed by atoms with E-state index in [1.165, 1.54) is 5.56 Å². The van der Waals surface area contributed by atoms with Crippen molar-refractivity contribution >= 4 is 5.91 Å². The van der Waals surface area contributed by atoms with Gasteiger partial charge in [0.25, 0.3) is 0 Å². The van der Waals surface area contributed by atoms with Crippen LogP contribution in [0, 0.1) is 0 Å². The van der Waals surface area contributed by atoms with Crippen molar-refractivity contribution in [2.24, 2.45) is 0 Å². The van der Waals surface area contributed by atoms with Crippen LogP contribution in [0.2, 0.25) is 0 Å². The van der Waals surface area contributed by atoms with Crippen LogP contribution in [0.15, 0.2) is 30.3 Å². The number of hydrogen-bond donors (Lipinski definition) is 1. The van der Waals surface area contributed by atoms with Gasteiger partial charge in [-0.25, -0.2) is 0 Å². The summed E-state index contributed by atoms with van der Waals surface area (Å²) in [5.74, 6) is 0.254. The zero-order chi connectivity index (χ0) is 14.4. The highest BCUT2D eigenvalue weighted by Gasteiger charge is 2.28. The van der Waals surface area contributed by atoms with E-state index in [1.54, 1.807) is 6.92 Å². The molecular formula is C17H25NO2. The Bertz CT molecular complexity index is 416.